The molecule has 0 aliphatic rings. The maximum absolute atomic E-state index is 12.9. The summed E-state index contributed by atoms with van der Waals surface area (Å²) in [7, 11) is 1.35. The molecular formula is C18H14Br2N4O4. The summed E-state index contributed by atoms with van der Waals surface area (Å²) in [5.41, 5.74) is 0.491. The normalized spacial score (nSPS) is 11.3. The quantitative estimate of drug-likeness (QED) is 0.290. The number of aromatic nitrogens is 2. The fourth-order valence-corrected chi connectivity index (χ4v) is 3.67. The van der Waals surface area contributed by atoms with Crippen molar-refractivity contribution < 1.29 is 9.66 Å². The van der Waals surface area contributed by atoms with Gasteiger partial charge < -0.3 is 4.74 Å². The molecule has 0 radical (unpaired) electrons. The van der Waals surface area contributed by atoms with Crippen molar-refractivity contribution in [2.24, 2.45) is 5.10 Å². The molecule has 144 valence electrons. The maximum atomic E-state index is 12.9. The second-order valence-electron chi connectivity index (χ2n) is 5.72. The van der Waals surface area contributed by atoms with Crippen LogP contribution >= 0.6 is 31.9 Å². The summed E-state index contributed by atoms with van der Waals surface area (Å²) in [4.78, 5) is 28.1. The van der Waals surface area contributed by atoms with E-state index in [1.54, 1.807) is 18.2 Å². The number of nitro groups is 1. The van der Waals surface area contributed by atoms with Gasteiger partial charge in [-0.05, 0) is 40.2 Å². The minimum Gasteiger partial charge on any atom is -0.489 e. The van der Waals surface area contributed by atoms with Crippen molar-refractivity contribution in [1.29, 1.82) is 0 Å². The molecule has 1 aromatic heterocycles. The lowest BCUT2D eigenvalue weighted by Crippen LogP contribution is -2.22. The number of ether oxygens (including phenoxy) is 1. The van der Waals surface area contributed by atoms with Crippen LogP contribution in [0.4, 0.5) is 5.69 Å². The SMILES string of the molecule is CCc1nc2ccc(Br)cc2c(=O)n1N=Cc1cc(Br)c(OC)c([N+](=O)[O-])c1. The molecule has 8 nitrogen and oxygen atoms in total. The molecule has 0 bridgehead atoms. The molecule has 0 saturated carbocycles. The number of nitro benzene ring substituents is 1. The molecule has 0 aliphatic carbocycles. The van der Waals surface area contributed by atoms with Crippen molar-refractivity contribution in [3.8, 4) is 5.75 Å². The van der Waals surface area contributed by atoms with Crippen molar-refractivity contribution in [1.82, 2.24) is 9.66 Å². The first kappa shape index (κ1) is 20.2. The smallest absolute Gasteiger partial charge is 0.312 e. The van der Waals surface area contributed by atoms with E-state index < -0.39 is 4.92 Å². The van der Waals surface area contributed by atoms with Crippen molar-refractivity contribution in [2.45, 2.75) is 13.3 Å². The molecule has 10 heteroatoms. The second-order valence-corrected chi connectivity index (χ2v) is 7.49. The summed E-state index contributed by atoms with van der Waals surface area (Å²) < 4.78 is 7.44. The van der Waals surface area contributed by atoms with E-state index in [0.29, 0.717) is 33.2 Å². The number of fused-ring (bicyclic) bond motifs is 1. The molecule has 28 heavy (non-hydrogen) atoms. The highest BCUT2D eigenvalue weighted by molar-refractivity contribution is 9.10. The Hall–Kier alpha value is -2.59. The minimum absolute atomic E-state index is 0.116. The third-order valence-corrected chi connectivity index (χ3v) is 5.04. The molecule has 1 heterocycles. The number of nitrogens with zero attached hydrogens (tertiary/aromatic N) is 4. The average Bonchev–Trinajstić information content (AvgIpc) is 2.67. The molecule has 3 aromatic rings. The van der Waals surface area contributed by atoms with E-state index in [-0.39, 0.29) is 17.0 Å². The van der Waals surface area contributed by atoms with Gasteiger partial charge in [0.2, 0.25) is 5.75 Å². The Morgan fingerprint density at radius 1 is 1.32 bits per heavy atom. The lowest BCUT2D eigenvalue weighted by molar-refractivity contribution is -0.385. The summed E-state index contributed by atoms with van der Waals surface area (Å²) in [5, 5.41) is 15.9. The van der Waals surface area contributed by atoms with E-state index >= 15 is 0 Å². The number of methoxy groups -OCH3 is 1. The van der Waals surface area contributed by atoms with E-state index in [0.717, 1.165) is 4.47 Å². The summed E-state index contributed by atoms with van der Waals surface area (Å²) in [6.07, 6.45) is 1.87. The summed E-state index contributed by atoms with van der Waals surface area (Å²) in [6, 6.07) is 8.21. The van der Waals surface area contributed by atoms with Crippen LogP contribution in [-0.4, -0.2) is 27.9 Å². The molecule has 0 aliphatic heterocycles. The van der Waals surface area contributed by atoms with E-state index in [1.807, 2.05) is 13.0 Å². The van der Waals surface area contributed by atoms with Gasteiger partial charge in [0.25, 0.3) is 5.56 Å². The topological polar surface area (TPSA) is 99.6 Å². The van der Waals surface area contributed by atoms with Crippen molar-refractivity contribution >= 4 is 54.7 Å². The highest BCUT2D eigenvalue weighted by Crippen LogP contribution is 2.35. The average molecular weight is 510 g/mol. The maximum Gasteiger partial charge on any atom is 0.312 e. The summed E-state index contributed by atoms with van der Waals surface area (Å²) in [6.45, 7) is 1.87. The van der Waals surface area contributed by atoms with E-state index in [2.05, 4.69) is 41.9 Å². The highest BCUT2D eigenvalue weighted by atomic mass is 79.9. The van der Waals surface area contributed by atoms with Crippen LogP contribution in [0.2, 0.25) is 0 Å². The number of halogens is 2. The van der Waals surface area contributed by atoms with Gasteiger partial charge in [0.05, 0.1) is 33.6 Å². The van der Waals surface area contributed by atoms with Gasteiger partial charge >= 0.3 is 5.69 Å². The standard InChI is InChI=1S/C18H14Br2N4O4/c1-3-16-22-14-5-4-11(19)8-12(14)18(25)23(16)21-9-10-6-13(20)17(28-2)15(7-10)24(26)27/h4-9H,3H2,1-2H3. The molecule has 0 N–H and O–H groups in total. The van der Waals surface area contributed by atoms with Gasteiger partial charge in [-0.25, -0.2) is 4.98 Å². The van der Waals surface area contributed by atoms with Gasteiger partial charge in [-0.15, -0.1) is 0 Å². The zero-order valence-electron chi connectivity index (χ0n) is 14.8. The molecule has 0 atom stereocenters. The Bertz CT molecular complexity index is 1170. The van der Waals surface area contributed by atoms with E-state index in [4.69, 9.17) is 4.74 Å². The third-order valence-electron chi connectivity index (χ3n) is 3.96. The number of aryl methyl sites for hydroxylation is 1. The zero-order chi connectivity index (χ0) is 20.4. The van der Waals surface area contributed by atoms with Crippen LogP contribution in [0.5, 0.6) is 5.75 Å². The lowest BCUT2D eigenvalue weighted by atomic mass is 10.2. The fraction of sp³-hybridized carbons (Fsp3) is 0.167. The summed E-state index contributed by atoms with van der Waals surface area (Å²) in [5.74, 6) is 0.601. The van der Waals surface area contributed by atoms with E-state index in [1.165, 1.54) is 24.1 Å². The largest absolute Gasteiger partial charge is 0.489 e. The molecule has 0 saturated heterocycles. The van der Waals surface area contributed by atoms with Crippen LogP contribution in [-0.2, 0) is 6.42 Å². The Morgan fingerprint density at radius 2 is 2.07 bits per heavy atom. The van der Waals surface area contributed by atoms with Crippen molar-refractivity contribution in [2.75, 3.05) is 7.11 Å². The first-order chi connectivity index (χ1) is 13.3. The van der Waals surface area contributed by atoms with Gasteiger partial charge in [-0.1, -0.05) is 22.9 Å². The number of hydrogen-bond acceptors (Lipinski definition) is 6. The third kappa shape index (κ3) is 3.83. The van der Waals surface area contributed by atoms with Crippen LogP contribution < -0.4 is 10.3 Å². The van der Waals surface area contributed by atoms with Crippen LogP contribution in [0.25, 0.3) is 10.9 Å². The van der Waals surface area contributed by atoms with Crippen LogP contribution in [0.3, 0.4) is 0 Å². The first-order valence-corrected chi connectivity index (χ1v) is 9.71. The molecule has 2 aromatic carbocycles. The first-order valence-electron chi connectivity index (χ1n) is 8.13. The monoisotopic (exact) mass is 508 g/mol. The Morgan fingerprint density at radius 3 is 2.71 bits per heavy atom. The Labute approximate surface area is 176 Å². The summed E-state index contributed by atoms with van der Waals surface area (Å²) >= 11 is 6.61. The molecule has 0 unspecified atom stereocenters. The van der Waals surface area contributed by atoms with Gasteiger partial charge in [0.1, 0.15) is 5.82 Å². The zero-order valence-corrected chi connectivity index (χ0v) is 18.0. The molecule has 0 spiro atoms. The van der Waals surface area contributed by atoms with Crippen LogP contribution in [0.1, 0.15) is 18.3 Å². The number of benzene rings is 2. The number of hydrogen-bond donors (Lipinski definition) is 0. The Kier molecular flexibility index (Phi) is 5.90. The van der Waals surface area contributed by atoms with Crippen molar-refractivity contribution in [3.63, 3.8) is 0 Å². The molecular weight excluding hydrogens is 496 g/mol. The van der Waals surface area contributed by atoms with Gasteiger partial charge in [-0.3, -0.25) is 14.9 Å². The predicted molar refractivity (Wildman–Crippen MR) is 113 cm³/mol. The van der Waals surface area contributed by atoms with Gasteiger partial charge in [-0.2, -0.15) is 9.78 Å². The Balaban J connectivity index is 2.15. The van der Waals surface area contributed by atoms with Crippen LogP contribution in [0, 0.1) is 10.1 Å². The predicted octanol–water partition coefficient (Wildman–Crippen LogP) is 4.28. The van der Waals surface area contributed by atoms with Gasteiger partial charge in [0, 0.05) is 22.5 Å². The van der Waals surface area contributed by atoms with E-state index in [9.17, 15) is 14.9 Å². The molecule has 0 fully saturated rings. The second kappa shape index (κ2) is 8.19. The molecule has 0 amide bonds. The number of rotatable bonds is 5. The fourth-order valence-electron chi connectivity index (χ4n) is 2.68. The molecule has 3 rings (SSSR count). The van der Waals surface area contributed by atoms with Gasteiger partial charge in [0.15, 0.2) is 0 Å². The van der Waals surface area contributed by atoms with Crippen LogP contribution in [0.15, 0.2) is 49.2 Å². The highest BCUT2D eigenvalue weighted by Gasteiger charge is 2.19. The van der Waals surface area contributed by atoms with Crippen molar-refractivity contribution in [3.05, 3.63) is 71.1 Å². The lowest BCUT2D eigenvalue weighted by Gasteiger charge is -2.08. The minimum atomic E-state index is -0.542.